The fourth-order valence-corrected chi connectivity index (χ4v) is 1.97. The highest BCUT2D eigenvalue weighted by molar-refractivity contribution is 5.47. The van der Waals surface area contributed by atoms with E-state index >= 15 is 0 Å². The average Bonchev–Trinajstić information content (AvgIpc) is 2.39. The first-order valence-corrected chi connectivity index (χ1v) is 5.71. The first kappa shape index (κ1) is 12.5. The summed E-state index contributed by atoms with van der Waals surface area (Å²) in [7, 11) is 1.53. The van der Waals surface area contributed by atoms with Crippen LogP contribution in [0.1, 0.15) is 18.1 Å². The van der Waals surface area contributed by atoms with Crippen LogP contribution in [0.2, 0.25) is 0 Å². The number of phenolic OH excluding ortho intramolecular Hbond substituents is 1. The molecule has 0 bridgehead atoms. The molecule has 0 spiro atoms. The molecule has 1 atom stereocenters. The van der Waals surface area contributed by atoms with Crippen molar-refractivity contribution in [1.29, 1.82) is 0 Å². The summed E-state index contributed by atoms with van der Waals surface area (Å²) in [6.07, 6.45) is 0. The van der Waals surface area contributed by atoms with Gasteiger partial charge in [-0.05, 0) is 24.6 Å². The van der Waals surface area contributed by atoms with Crippen molar-refractivity contribution in [2.45, 2.75) is 12.5 Å². The van der Waals surface area contributed by atoms with Crippen LogP contribution in [0.4, 0.5) is 0 Å². The van der Waals surface area contributed by atoms with Crippen molar-refractivity contribution in [3.8, 4) is 11.5 Å². The first-order valence-electron chi connectivity index (χ1n) is 5.71. The quantitative estimate of drug-likeness (QED) is 0.872. The molecule has 2 aromatic rings. The molecule has 0 saturated carbocycles. The van der Waals surface area contributed by atoms with Gasteiger partial charge in [-0.15, -0.1) is 0 Å². The van der Waals surface area contributed by atoms with Crippen molar-refractivity contribution >= 4 is 0 Å². The van der Waals surface area contributed by atoms with Crippen LogP contribution in [0.5, 0.6) is 11.5 Å². The third kappa shape index (κ3) is 2.17. The molecule has 0 aromatic heterocycles. The van der Waals surface area contributed by atoms with Gasteiger partial charge >= 0.3 is 0 Å². The zero-order chi connectivity index (χ0) is 13.2. The van der Waals surface area contributed by atoms with Crippen molar-refractivity contribution in [1.82, 2.24) is 0 Å². The van der Waals surface area contributed by atoms with E-state index in [9.17, 15) is 10.2 Å². The van der Waals surface area contributed by atoms with Gasteiger partial charge in [0.2, 0.25) is 0 Å². The summed E-state index contributed by atoms with van der Waals surface area (Å²) < 4.78 is 5.03. The Balaban J connectivity index is 2.48. The molecule has 1 unspecified atom stereocenters. The van der Waals surface area contributed by atoms with Crippen LogP contribution in [0, 0.1) is 0 Å². The molecule has 18 heavy (non-hydrogen) atoms. The van der Waals surface area contributed by atoms with Crippen LogP contribution in [0.25, 0.3) is 0 Å². The van der Waals surface area contributed by atoms with Crippen molar-refractivity contribution in [3.05, 3.63) is 59.7 Å². The topological polar surface area (TPSA) is 49.7 Å². The minimum Gasteiger partial charge on any atom is -0.507 e. The van der Waals surface area contributed by atoms with Crippen molar-refractivity contribution < 1.29 is 14.9 Å². The predicted molar refractivity (Wildman–Crippen MR) is 69.8 cm³/mol. The zero-order valence-electron chi connectivity index (χ0n) is 10.4. The molecule has 2 N–H and O–H groups in total. The van der Waals surface area contributed by atoms with E-state index in [1.807, 2.05) is 30.3 Å². The van der Waals surface area contributed by atoms with E-state index in [2.05, 4.69) is 0 Å². The average molecular weight is 244 g/mol. The van der Waals surface area contributed by atoms with Crippen LogP contribution < -0.4 is 4.74 Å². The third-order valence-corrected chi connectivity index (χ3v) is 3.07. The molecule has 2 aromatic carbocycles. The maximum Gasteiger partial charge on any atom is 0.125 e. The lowest BCUT2D eigenvalue weighted by Gasteiger charge is -2.25. The van der Waals surface area contributed by atoms with E-state index < -0.39 is 5.60 Å². The van der Waals surface area contributed by atoms with Gasteiger partial charge in [-0.3, -0.25) is 0 Å². The van der Waals surface area contributed by atoms with Crippen molar-refractivity contribution in [3.63, 3.8) is 0 Å². The highest BCUT2D eigenvalue weighted by atomic mass is 16.5. The molecule has 0 radical (unpaired) electrons. The Hall–Kier alpha value is -2.00. The molecule has 0 heterocycles. The second kappa shape index (κ2) is 4.70. The molecule has 3 heteroatoms. The fourth-order valence-electron chi connectivity index (χ4n) is 1.97. The minimum absolute atomic E-state index is 0.0169. The van der Waals surface area contributed by atoms with Crippen molar-refractivity contribution in [2.75, 3.05) is 7.11 Å². The molecule has 0 amide bonds. The number of hydrogen-bond donors (Lipinski definition) is 2. The molecule has 0 aliphatic heterocycles. The molecule has 0 fully saturated rings. The van der Waals surface area contributed by atoms with Gasteiger partial charge in [0.05, 0.1) is 7.11 Å². The van der Waals surface area contributed by atoms with Crippen LogP contribution in [-0.2, 0) is 5.60 Å². The maximum atomic E-state index is 10.6. The number of methoxy groups -OCH3 is 1. The van der Waals surface area contributed by atoms with E-state index in [0.717, 1.165) is 5.56 Å². The van der Waals surface area contributed by atoms with Gasteiger partial charge in [-0.1, -0.05) is 30.3 Å². The van der Waals surface area contributed by atoms with Gasteiger partial charge in [0.1, 0.15) is 17.1 Å². The van der Waals surface area contributed by atoms with Gasteiger partial charge < -0.3 is 14.9 Å². The number of aromatic hydroxyl groups is 1. The molecule has 0 saturated heterocycles. The van der Waals surface area contributed by atoms with Crippen LogP contribution in [0.15, 0.2) is 48.5 Å². The Bertz CT molecular complexity index is 533. The lowest BCUT2D eigenvalue weighted by molar-refractivity contribution is 0.0991. The second-order valence-electron chi connectivity index (χ2n) is 4.32. The normalized spacial score (nSPS) is 13.9. The summed E-state index contributed by atoms with van der Waals surface area (Å²) in [5.41, 5.74) is -0.0580. The number of ether oxygens (including phenoxy) is 1. The van der Waals surface area contributed by atoms with Gasteiger partial charge in [-0.25, -0.2) is 0 Å². The Morgan fingerprint density at radius 1 is 1.06 bits per heavy atom. The number of rotatable bonds is 3. The van der Waals surface area contributed by atoms with E-state index in [1.54, 1.807) is 19.1 Å². The van der Waals surface area contributed by atoms with Gasteiger partial charge in [0.25, 0.3) is 0 Å². The number of phenols is 1. The van der Waals surface area contributed by atoms with E-state index in [0.29, 0.717) is 11.3 Å². The lowest BCUT2D eigenvalue weighted by Crippen LogP contribution is -2.22. The smallest absolute Gasteiger partial charge is 0.125 e. The molecule has 0 aliphatic carbocycles. The summed E-state index contributed by atoms with van der Waals surface area (Å²) in [6, 6.07) is 14.1. The Labute approximate surface area is 106 Å². The standard InChI is InChI=1S/C15H16O3/c1-15(17,11-6-4-3-5-7-11)13-9-8-12(18-2)10-14(13)16/h3-10,16-17H,1-2H3. The number of benzene rings is 2. The van der Waals surface area contributed by atoms with Gasteiger partial charge in [-0.2, -0.15) is 0 Å². The second-order valence-corrected chi connectivity index (χ2v) is 4.32. The monoisotopic (exact) mass is 244 g/mol. The van der Waals surface area contributed by atoms with Crippen LogP contribution in [0.3, 0.4) is 0 Å². The largest absolute Gasteiger partial charge is 0.507 e. The summed E-state index contributed by atoms with van der Waals surface area (Å²) in [5.74, 6) is 0.573. The van der Waals surface area contributed by atoms with E-state index in [-0.39, 0.29) is 5.75 Å². The molecule has 0 aliphatic rings. The summed E-state index contributed by atoms with van der Waals surface area (Å²) in [5, 5.41) is 20.6. The molecule has 94 valence electrons. The molecule has 2 rings (SSSR count). The number of aliphatic hydroxyl groups is 1. The SMILES string of the molecule is COc1ccc(C(C)(O)c2ccccc2)c(O)c1. The lowest BCUT2D eigenvalue weighted by atomic mass is 9.87. The Morgan fingerprint density at radius 2 is 1.72 bits per heavy atom. The van der Waals surface area contributed by atoms with E-state index in [4.69, 9.17) is 4.74 Å². The highest BCUT2D eigenvalue weighted by Crippen LogP contribution is 2.36. The molecule has 3 nitrogen and oxygen atoms in total. The first-order chi connectivity index (χ1) is 8.55. The predicted octanol–water partition coefficient (Wildman–Crippen LogP) is 2.66. The van der Waals surface area contributed by atoms with Crippen LogP contribution >= 0.6 is 0 Å². The van der Waals surface area contributed by atoms with Crippen LogP contribution in [-0.4, -0.2) is 17.3 Å². The third-order valence-electron chi connectivity index (χ3n) is 3.07. The summed E-state index contributed by atoms with van der Waals surface area (Å²) in [4.78, 5) is 0. The Kier molecular flexibility index (Phi) is 3.26. The highest BCUT2D eigenvalue weighted by Gasteiger charge is 2.28. The molecular formula is C15H16O3. The maximum absolute atomic E-state index is 10.6. The number of hydrogen-bond acceptors (Lipinski definition) is 3. The molecular weight excluding hydrogens is 228 g/mol. The zero-order valence-corrected chi connectivity index (χ0v) is 10.4. The fraction of sp³-hybridized carbons (Fsp3) is 0.200. The summed E-state index contributed by atoms with van der Waals surface area (Å²) >= 11 is 0. The Morgan fingerprint density at radius 3 is 2.28 bits per heavy atom. The van der Waals surface area contributed by atoms with Crippen molar-refractivity contribution in [2.24, 2.45) is 0 Å². The van der Waals surface area contributed by atoms with E-state index in [1.165, 1.54) is 13.2 Å². The van der Waals surface area contributed by atoms with Gasteiger partial charge in [0, 0.05) is 11.6 Å². The minimum atomic E-state index is -1.24. The van der Waals surface area contributed by atoms with Gasteiger partial charge in [0.15, 0.2) is 0 Å². The summed E-state index contributed by atoms with van der Waals surface area (Å²) in [6.45, 7) is 1.66.